The summed E-state index contributed by atoms with van der Waals surface area (Å²) < 4.78 is 5.85. The highest BCUT2D eigenvalue weighted by Gasteiger charge is 2.36. The largest absolute Gasteiger partial charge is 0.466 e. The molecule has 1 N–H and O–H groups in total. The predicted molar refractivity (Wildman–Crippen MR) is 80.0 cm³/mol. The lowest BCUT2D eigenvalue weighted by Crippen LogP contribution is -2.45. The minimum Gasteiger partial charge on any atom is -0.466 e. The summed E-state index contributed by atoms with van der Waals surface area (Å²) >= 11 is 0. The molecule has 1 aliphatic carbocycles. The van der Waals surface area contributed by atoms with Crippen molar-refractivity contribution in [3.63, 3.8) is 0 Å². The Labute approximate surface area is 126 Å². The maximum Gasteiger partial charge on any atom is 0.223 e. The number of furan rings is 1. The van der Waals surface area contributed by atoms with Crippen LogP contribution in [0.3, 0.4) is 0 Å². The Bertz CT molecular complexity index is 496. The molecule has 0 aromatic carbocycles. The average molecular weight is 291 g/mol. The van der Waals surface area contributed by atoms with Gasteiger partial charge >= 0.3 is 0 Å². The average Bonchev–Trinajstić information content (AvgIpc) is 3.06. The molecule has 0 spiro atoms. The Morgan fingerprint density at radius 2 is 2.24 bits per heavy atom. The number of aliphatic hydroxyl groups is 1. The Morgan fingerprint density at radius 3 is 2.95 bits per heavy atom. The van der Waals surface area contributed by atoms with Crippen LogP contribution in [-0.4, -0.2) is 35.1 Å². The minimum atomic E-state index is 0.0192. The molecule has 0 bridgehead atoms. The molecule has 1 saturated heterocycles. The van der Waals surface area contributed by atoms with E-state index in [9.17, 15) is 9.90 Å². The third-order valence-corrected chi connectivity index (χ3v) is 4.90. The Balaban J connectivity index is 1.52. The third-order valence-electron chi connectivity index (χ3n) is 4.90. The number of hydrogen-bond acceptors (Lipinski definition) is 3. The highest BCUT2D eigenvalue weighted by atomic mass is 16.3. The first-order chi connectivity index (χ1) is 10.2. The first kappa shape index (κ1) is 14.6. The monoisotopic (exact) mass is 291 g/mol. The van der Waals surface area contributed by atoms with Crippen molar-refractivity contribution in [2.24, 2.45) is 5.92 Å². The first-order valence-corrected chi connectivity index (χ1v) is 8.18. The van der Waals surface area contributed by atoms with E-state index in [1.807, 2.05) is 11.0 Å². The normalized spacial score (nSPS) is 28.7. The van der Waals surface area contributed by atoms with Crippen LogP contribution in [0.4, 0.5) is 0 Å². The lowest BCUT2D eigenvalue weighted by Gasteiger charge is -2.34. The second-order valence-corrected chi connectivity index (χ2v) is 6.54. The number of carbonyl (C=O) groups excluding carboxylic acids is 1. The van der Waals surface area contributed by atoms with Crippen molar-refractivity contribution in [1.82, 2.24) is 4.90 Å². The highest BCUT2D eigenvalue weighted by molar-refractivity contribution is 5.76. The lowest BCUT2D eigenvalue weighted by atomic mass is 10.0. The quantitative estimate of drug-likeness (QED) is 0.907. The molecule has 3 unspecified atom stereocenters. The maximum atomic E-state index is 12.3. The van der Waals surface area contributed by atoms with Crippen molar-refractivity contribution in [3.8, 4) is 0 Å². The van der Waals surface area contributed by atoms with Gasteiger partial charge < -0.3 is 14.4 Å². The molecule has 1 aromatic heterocycles. The molecule has 2 heterocycles. The SMILES string of the molecule is CC1CC1c1ccc(CCC(=O)N2CCCCC2CO)o1. The van der Waals surface area contributed by atoms with Crippen LogP contribution < -0.4 is 0 Å². The Morgan fingerprint density at radius 1 is 1.43 bits per heavy atom. The van der Waals surface area contributed by atoms with Crippen molar-refractivity contribution in [2.45, 2.75) is 57.4 Å². The van der Waals surface area contributed by atoms with Crippen LogP contribution in [0, 0.1) is 5.92 Å². The summed E-state index contributed by atoms with van der Waals surface area (Å²) in [5.74, 6) is 3.47. The zero-order valence-corrected chi connectivity index (χ0v) is 12.8. The molecule has 4 nitrogen and oxygen atoms in total. The smallest absolute Gasteiger partial charge is 0.223 e. The van der Waals surface area contributed by atoms with Gasteiger partial charge in [0.15, 0.2) is 0 Å². The molecule has 4 heteroatoms. The van der Waals surface area contributed by atoms with E-state index < -0.39 is 0 Å². The Kier molecular flexibility index (Phi) is 4.34. The maximum absolute atomic E-state index is 12.3. The second kappa shape index (κ2) is 6.22. The number of hydrogen-bond donors (Lipinski definition) is 1. The minimum absolute atomic E-state index is 0.0192. The number of likely N-dealkylation sites (tertiary alicyclic amines) is 1. The van der Waals surface area contributed by atoms with Crippen LogP contribution in [0.1, 0.15) is 56.5 Å². The molecular weight excluding hydrogens is 266 g/mol. The number of amides is 1. The van der Waals surface area contributed by atoms with E-state index in [0.29, 0.717) is 18.8 Å². The van der Waals surface area contributed by atoms with E-state index in [0.717, 1.165) is 43.2 Å². The van der Waals surface area contributed by atoms with E-state index in [4.69, 9.17) is 4.42 Å². The highest BCUT2D eigenvalue weighted by Crippen LogP contribution is 2.47. The van der Waals surface area contributed by atoms with E-state index in [1.54, 1.807) is 0 Å². The van der Waals surface area contributed by atoms with Gasteiger partial charge in [0.25, 0.3) is 0 Å². The van der Waals surface area contributed by atoms with Crippen LogP contribution in [0.5, 0.6) is 0 Å². The van der Waals surface area contributed by atoms with Gasteiger partial charge in [-0.2, -0.15) is 0 Å². The van der Waals surface area contributed by atoms with Gasteiger partial charge in [0.1, 0.15) is 11.5 Å². The van der Waals surface area contributed by atoms with Crippen molar-refractivity contribution in [1.29, 1.82) is 0 Å². The summed E-state index contributed by atoms with van der Waals surface area (Å²) in [4.78, 5) is 14.2. The summed E-state index contributed by atoms with van der Waals surface area (Å²) in [6.07, 6.45) is 5.44. The van der Waals surface area contributed by atoms with Crippen LogP contribution in [0.2, 0.25) is 0 Å². The third kappa shape index (κ3) is 3.31. The molecule has 1 amide bonds. The van der Waals surface area contributed by atoms with Gasteiger partial charge in [0, 0.05) is 25.3 Å². The number of aryl methyl sites for hydroxylation is 1. The molecular formula is C17H25NO3. The zero-order chi connectivity index (χ0) is 14.8. The van der Waals surface area contributed by atoms with Gasteiger partial charge in [0.2, 0.25) is 5.91 Å². The molecule has 3 atom stereocenters. The fourth-order valence-electron chi connectivity index (χ4n) is 3.34. The summed E-state index contributed by atoms with van der Waals surface area (Å²) in [5, 5.41) is 9.38. The number of rotatable bonds is 5. The number of piperidine rings is 1. The van der Waals surface area contributed by atoms with Crippen LogP contribution in [-0.2, 0) is 11.2 Å². The Hall–Kier alpha value is -1.29. The number of aliphatic hydroxyl groups excluding tert-OH is 1. The van der Waals surface area contributed by atoms with Gasteiger partial charge in [0.05, 0.1) is 12.6 Å². The number of carbonyl (C=O) groups is 1. The zero-order valence-electron chi connectivity index (χ0n) is 12.8. The first-order valence-electron chi connectivity index (χ1n) is 8.18. The van der Waals surface area contributed by atoms with Crippen LogP contribution in [0.25, 0.3) is 0 Å². The van der Waals surface area contributed by atoms with Crippen molar-refractivity contribution in [2.75, 3.05) is 13.2 Å². The summed E-state index contributed by atoms with van der Waals surface area (Å²) in [6.45, 7) is 3.10. The topological polar surface area (TPSA) is 53.7 Å². The molecule has 1 aromatic rings. The fraction of sp³-hybridized carbons (Fsp3) is 0.706. The summed E-state index contributed by atoms with van der Waals surface area (Å²) in [6, 6.07) is 4.09. The lowest BCUT2D eigenvalue weighted by molar-refractivity contribution is -0.135. The molecule has 1 saturated carbocycles. The van der Waals surface area contributed by atoms with Crippen LogP contribution in [0.15, 0.2) is 16.5 Å². The van der Waals surface area contributed by atoms with Gasteiger partial charge in [-0.25, -0.2) is 0 Å². The van der Waals surface area contributed by atoms with E-state index in [-0.39, 0.29) is 18.6 Å². The molecule has 2 aliphatic rings. The van der Waals surface area contributed by atoms with E-state index >= 15 is 0 Å². The van der Waals surface area contributed by atoms with Crippen molar-refractivity contribution < 1.29 is 14.3 Å². The summed E-state index contributed by atoms with van der Waals surface area (Å²) in [7, 11) is 0. The molecule has 0 radical (unpaired) electrons. The predicted octanol–water partition coefficient (Wildman–Crippen LogP) is 2.71. The van der Waals surface area contributed by atoms with Crippen molar-refractivity contribution >= 4 is 5.91 Å². The van der Waals surface area contributed by atoms with Crippen LogP contribution >= 0.6 is 0 Å². The molecule has 21 heavy (non-hydrogen) atoms. The van der Waals surface area contributed by atoms with Gasteiger partial charge in [-0.05, 0) is 43.7 Å². The molecule has 3 rings (SSSR count). The molecule has 1 aliphatic heterocycles. The standard InChI is InChI=1S/C17H25NO3/c1-12-10-15(12)16-7-5-14(21-16)6-8-17(20)18-9-3-2-4-13(18)11-19/h5,7,12-13,15,19H,2-4,6,8-11H2,1H3. The van der Waals surface area contributed by atoms with Gasteiger partial charge in [-0.3, -0.25) is 4.79 Å². The van der Waals surface area contributed by atoms with E-state index in [1.165, 1.54) is 6.42 Å². The molecule has 116 valence electrons. The number of nitrogens with zero attached hydrogens (tertiary/aromatic N) is 1. The fourth-order valence-corrected chi connectivity index (χ4v) is 3.34. The summed E-state index contributed by atoms with van der Waals surface area (Å²) in [5.41, 5.74) is 0. The van der Waals surface area contributed by atoms with Gasteiger partial charge in [-0.15, -0.1) is 0 Å². The second-order valence-electron chi connectivity index (χ2n) is 6.54. The molecule has 2 fully saturated rings. The van der Waals surface area contributed by atoms with Crippen molar-refractivity contribution in [3.05, 3.63) is 23.7 Å². The van der Waals surface area contributed by atoms with Gasteiger partial charge in [-0.1, -0.05) is 6.92 Å². The van der Waals surface area contributed by atoms with E-state index in [2.05, 4.69) is 13.0 Å².